The standard InChI is InChI=1S/C11H22N2/c1-11(2)4-6-13(9-11)5-3-10-7-12-8-10/h10,12H,3-9H2,1-2H3. The molecule has 0 aromatic rings. The molecular weight excluding hydrogens is 160 g/mol. The van der Waals surface area contributed by atoms with E-state index in [2.05, 4.69) is 24.1 Å². The molecule has 2 nitrogen and oxygen atoms in total. The van der Waals surface area contributed by atoms with Gasteiger partial charge in [-0.3, -0.25) is 0 Å². The van der Waals surface area contributed by atoms with Crippen molar-refractivity contribution in [1.29, 1.82) is 0 Å². The summed E-state index contributed by atoms with van der Waals surface area (Å²) in [5, 5.41) is 3.33. The lowest BCUT2D eigenvalue weighted by Gasteiger charge is -2.29. The van der Waals surface area contributed by atoms with Gasteiger partial charge in [0, 0.05) is 6.54 Å². The summed E-state index contributed by atoms with van der Waals surface area (Å²) < 4.78 is 0. The summed E-state index contributed by atoms with van der Waals surface area (Å²) in [5.74, 6) is 0.976. The van der Waals surface area contributed by atoms with Crippen LogP contribution in [0.25, 0.3) is 0 Å². The highest BCUT2D eigenvalue weighted by Crippen LogP contribution is 2.29. The number of rotatable bonds is 3. The number of likely N-dealkylation sites (tertiary alicyclic amines) is 1. The molecule has 0 amide bonds. The van der Waals surface area contributed by atoms with Crippen LogP contribution in [0.1, 0.15) is 26.7 Å². The average Bonchev–Trinajstić information content (AvgIpc) is 2.27. The van der Waals surface area contributed by atoms with E-state index in [0.717, 1.165) is 5.92 Å². The molecule has 0 aromatic heterocycles. The van der Waals surface area contributed by atoms with Gasteiger partial charge in [0.2, 0.25) is 0 Å². The van der Waals surface area contributed by atoms with E-state index in [-0.39, 0.29) is 0 Å². The fraction of sp³-hybridized carbons (Fsp3) is 1.00. The van der Waals surface area contributed by atoms with E-state index in [0.29, 0.717) is 5.41 Å². The molecule has 2 heteroatoms. The third-order valence-corrected chi connectivity index (χ3v) is 3.48. The molecule has 2 aliphatic rings. The molecule has 13 heavy (non-hydrogen) atoms. The van der Waals surface area contributed by atoms with E-state index in [1.54, 1.807) is 0 Å². The first-order chi connectivity index (χ1) is 6.16. The second-order valence-corrected chi connectivity index (χ2v) is 5.50. The Morgan fingerprint density at radius 3 is 2.62 bits per heavy atom. The Morgan fingerprint density at radius 1 is 1.38 bits per heavy atom. The van der Waals surface area contributed by atoms with Crippen molar-refractivity contribution in [3.05, 3.63) is 0 Å². The molecule has 0 aliphatic carbocycles. The molecule has 2 aliphatic heterocycles. The minimum absolute atomic E-state index is 0.581. The topological polar surface area (TPSA) is 15.3 Å². The SMILES string of the molecule is CC1(C)CCN(CCC2CNC2)C1. The molecule has 2 rings (SSSR count). The van der Waals surface area contributed by atoms with Crippen LogP contribution in [-0.4, -0.2) is 37.6 Å². The summed E-state index contributed by atoms with van der Waals surface area (Å²) in [4.78, 5) is 2.64. The van der Waals surface area contributed by atoms with Crippen LogP contribution in [0.5, 0.6) is 0 Å². The van der Waals surface area contributed by atoms with Gasteiger partial charge in [-0.2, -0.15) is 0 Å². The van der Waals surface area contributed by atoms with Gasteiger partial charge < -0.3 is 10.2 Å². The van der Waals surface area contributed by atoms with E-state index in [1.165, 1.54) is 45.6 Å². The van der Waals surface area contributed by atoms with E-state index < -0.39 is 0 Å². The van der Waals surface area contributed by atoms with Gasteiger partial charge >= 0.3 is 0 Å². The molecule has 1 N–H and O–H groups in total. The normalized spacial score (nSPS) is 29.1. The summed E-state index contributed by atoms with van der Waals surface area (Å²) in [6.45, 7) is 11.3. The molecule has 0 bridgehead atoms. The average molecular weight is 182 g/mol. The van der Waals surface area contributed by atoms with Gasteiger partial charge in [-0.1, -0.05) is 13.8 Å². The van der Waals surface area contributed by atoms with Crippen LogP contribution in [0.2, 0.25) is 0 Å². The highest BCUT2D eigenvalue weighted by Gasteiger charge is 2.29. The molecule has 2 saturated heterocycles. The third kappa shape index (κ3) is 2.44. The molecule has 0 atom stereocenters. The summed E-state index contributed by atoms with van der Waals surface area (Å²) in [6.07, 6.45) is 2.79. The van der Waals surface area contributed by atoms with Crippen molar-refractivity contribution in [2.45, 2.75) is 26.7 Å². The number of hydrogen-bond donors (Lipinski definition) is 1. The van der Waals surface area contributed by atoms with E-state index in [1.807, 2.05) is 0 Å². The van der Waals surface area contributed by atoms with Gasteiger partial charge in [0.1, 0.15) is 0 Å². The molecule has 0 aromatic carbocycles. The minimum Gasteiger partial charge on any atom is -0.316 e. The van der Waals surface area contributed by atoms with Crippen molar-refractivity contribution in [2.24, 2.45) is 11.3 Å². The first-order valence-corrected chi connectivity index (χ1v) is 5.59. The Bertz CT molecular complexity index is 173. The Labute approximate surface area is 81.7 Å². The van der Waals surface area contributed by atoms with Gasteiger partial charge in [0.25, 0.3) is 0 Å². The van der Waals surface area contributed by atoms with Crippen LogP contribution in [-0.2, 0) is 0 Å². The predicted octanol–water partition coefficient (Wildman–Crippen LogP) is 1.33. The lowest BCUT2D eigenvalue weighted by molar-refractivity contribution is 0.240. The van der Waals surface area contributed by atoms with E-state index in [9.17, 15) is 0 Å². The minimum atomic E-state index is 0.581. The molecule has 2 fully saturated rings. The van der Waals surface area contributed by atoms with Crippen molar-refractivity contribution in [3.63, 3.8) is 0 Å². The fourth-order valence-electron chi connectivity index (χ4n) is 2.33. The first kappa shape index (κ1) is 9.47. The smallest absolute Gasteiger partial charge is 0.00332 e. The Hall–Kier alpha value is -0.0800. The maximum absolute atomic E-state index is 3.33. The van der Waals surface area contributed by atoms with Crippen molar-refractivity contribution < 1.29 is 0 Å². The van der Waals surface area contributed by atoms with E-state index >= 15 is 0 Å². The summed E-state index contributed by atoms with van der Waals surface area (Å²) in [5.41, 5.74) is 0.581. The van der Waals surface area contributed by atoms with Gasteiger partial charge in [0.15, 0.2) is 0 Å². The van der Waals surface area contributed by atoms with Gasteiger partial charge in [0.05, 0.1) is 0 Å². The molecule has 0 radical (unpaired) electrons. The molecule has 0 unspecified atom stereocenters. The molecular formula is C11H22N2. The molecule has 76 valence electrons. The van der Waals surface area contributed by atoms with Crippen LogP contribution < -0.4 is 5.32 Å². The van der Waals surface area contributed by atoms with Crippen LogP contribution in [0, 0.1) is 11.3 Å². The summed E-state index contributed by atoms with van der Waals surface area (Å²) >= 11 is 0. The first-order valence-electron chi connectivity index (χ1n) is 5.59. The molecule has 0 saturated carbocycles. The zero-order valence-corrected chi connectivity index (χ0v) is 8.97. The Kier molecular flexibility index (Phi) is 2.61. The lowest BCUT2D eigenvalue weighted by atomic mass is 9.93. The zero-order valence-electron chi connectivity index (χ0n) is 8.97. The predicted molar refractivity (Wildman–Crippen MR) is 55.8 cm³/mol. The second kappa shape index (κ2) is 3.58. The zero-order chi connectivity index (χ0) is 9.31. The fourth-order valence-corrected chi connectivity index (χ4v) is 2.33. The van der Waals surface area contributed by atoms with Crippen molar-refractivity contribution in [3.8, 4) is 0 Å². The van der Waals surface area contributed by atoms with Gasteiger partial charge in [-0.05, 0) is 50.4 Å². The second-order valence-electron chi connectivity index (χ2n) is 5.50. The van der Waals surface area contributed by atoms with Gasteiger partial charge in [-0.25, -0.2) is 0 Å². The lowest BCUT2D eigenvalue weighted by Crippen LogP contribution is -2.43. The quantitative estimate of drug-likeness (QED) is 0.708. The highest BCUT2D eigenvalue weighted by molar-refractivity contribution is 4.84. The number of nitrogens with zero attached hydrogens (tertiary/aromatic N) is 1. The van der Waals surface area contributed by atoms with E-state index in [4.69, 9.17) is 0 Å². The maximum Gasteiger partial charge on any atom is 0.00332 e. The molecule has 0 spiro atoms. The summed E-state index contributed by atoms with van der Waals surface area (Å²) in [7, 11) is 0. The largest absolute Gasteiger partial charge is 0.316 e. The highest BCUT2D eigenvalue weighted by atomic mass is 15.2. The van der Waals surface area contributed by atoms with Crippen molar-refractivity contribution in [1.82, 2.24) is 10.2 Å². The Morgan fingerprint density at radius 2 is 2.15 bits per heavy atom. The number of nitrogens with one attached hydrogen (secondary N) is 1. The van der Waals surface area contributed by atoms with Crippen molar-refractivity contribution in [2.75, 3.05) is 32.7 Å². The van der Waals surface area contributed by atoms with Gasteiger partial charge in [-0.15, -0.1) is 0 Å². The van der Waals surface area contributed by atoms with Crippen LogP contribution in [0.15, 0.2) is 0 Å². The van der Waals surface area contributed by atoms with Crippen LogP contribution in [0.4, 0.5) is 0 Å². The Balaban J connectivity index is 1.65. The van der Waals surface area contributed by atoms with Crippen LogP contribution in [0.3, 0.4) is 0 Å². The summed E-state index contributed by atoms with van der Waals surface area (Å²) in [6, 6.07) is 0. The molecule has 2 heterocycles. The number of hydrogen-bond acceptors (Lipinski definition) is 2. The van der Waals surface area contributed by atoms with Crippen molar-refractivity contribution >= 4 is 0 Å². The maximum atomic E-state index is 3.33. The monoisotopic (exact) mass is 182 g/mol. The van der Waals surface area contributed by atoms with Crippen LogP contribution >= 0.6 is 0 Å². The third-order valence-electron chi connectivity index (χ3n) is 3.48.